The summed E-state index contributed by atoms with van der Waals surface area (Å²) in [7, 11) is 0. The molecule has 0 spiro atoms. The van der Waals surface area contributed by atoms with Gasteiger partial charge in [0.1, 0.15) is 13.2 Å². The van der Waals surface area contributed by atoms with E-state index in [1.54, 1.807) is 17.0 Å². The molecule has 210 valence electrons. The molecule has 0 bridgehead atoms. The van der Waals surface area contributed by atoms with Gasteiger partial charge in [-0.1, -0.05) is 81.2 Å². The highest BCUT2D eigenvalue weighted by Crippen LogP contribution is 2.55. The van der Waals surface area contributed by atoms with Crippen molar-refractivity contribution in [3.05, 3.63) is 86.2 Å². The van der Waals surface area contributed by atoms with Crippen LogP contribution in [-0.2, 0) is 21.0 Å². The summed E-state index contributed by atoms with van der Waals surface area (Å²) in [6.07, 6.45) is 1.63. The van der Waals surface area contributed by atoms with Crippen LogP contribution in [0.3, 0.4) is 0 Å². The molecule has 2 aromatic rings. The normalized spacial score (nSPS) is 20.4. The first-order valence-corrected chi connectivity index (χ1v) is 14.2. The molecule has 2 aromatic carbocycles. The lowest BCUT2D eigenvalue weighted by molar-refractivity contribution is -0.138. The van der Waals surface area contributed by atoms with Gasteiger partial charge in [0.05, 0.1) is 10.0 Å². The Morgan fingerprint density at radius 2 is 1.40 bits per heavy atom. The van der Waals surface area contributed by atoms with Crippen LogP contribution < -0.4 is 4.74 Å². The van der Waals surface area contributed by atoms with E-state index in [9.17, 15) is 19.5 Å². The van der Waals surface area contributed by atoms with Crippen molar-refractivity contribution in [1.82, 2.24) is 4.90 Å². The second-order valence-corrected chi connectivity index (χ2v) is 13.4. The number of hydrogen-bond donors (Lipinski definition) is 1. The third kappa shape index (κ3) is 5.44. The molecule has 0 saturated heterocycles. The number of hydrogen-bond acceptors (Lipinski definition) is 5. The minimum absolute atomic E-state index is 0.0903. The zero-order valence-corrected chi connectivity index (χ0v) is 24.7. The third-order valence-electron chi connectivity index (χ3n) is 7.90. The number of nitrogens with zero attached hydrogens (tertiary/aromatic N) is 1. The maximum Gasteiger partial charge on any atom is 0.323 e. The van der Waals surface area contributed by atoms with Crippen molar-refractivity contribution in [2.75, 3.05) is 6.54 Å². The minimum atomic E-state index is -1.02. The molecule has 6 nitrogen and oxygen atoms in total. The Balaban J connectivity index is 1.66. The molecule has 1 N–H and O–H groups in total. The average Bonchev–Trinajstić information content (AvgIpc) is 2.83. The lowest BCUT2D eigenvalue weighted by Crippen LogP contribution is -2.45. The molecule has 1 aliphatic heterocycles. The molecule has 0 unspecified atom stereocenters. The zero-order chi connectivity index (χ0) is 29.0. The highest BCUT2D eigenvalue weighted by atomic mass is 35.5. The first kappa shape index (κ1) is 28.4. The SMILES string of the molecule is CC1(C)CC(=O)C2=C(C1)N(CC(=O)O)C1=C(C(=O)CC(C)(C)C1)C2c1cc(Cl)c(OCc2ccccc2)c(Cl)c1. The molecule has 8 heteroatoms. The molecule has 0 atom stereocenters. The van der Waals surface area contributed by atoms with Gasteiger partial charge in [-0.15, -0.1) is 0 Å². The summed E-state index contributed by atoms with van der Waals surface area (Å²) >= 11 is 13.5. The first-order chi connectivity index (χ1) is 18.8. The number of benzene rings is 2. The number of allylic oxidation sites excluding steroid dienone is 4. The van der Waals surface area contributed by atoms with Gasteiger partial charge in [0.2, 0.25) is 0 Å². The third-order valence-corrected chi connectivity index (χ3v) is 8.46. The van der Waals surface area contributed by atoms with Gasteiger partial charge in [-0.05, 0) is 46.9 Å². The van der Waals surface area contributed by atoms with Crippen LogP contribution in [0.2, 0.25) is 10.0 Å². The monoisotopic (exact) mass is 581 g/mol. The van der Waals surface area contributed by atoms with Crippen molar-refractivity contribution in [1.29, 1.82) is 0 Å². The molecule has 2 aliphatic carbocycles. The fourth-order valence-electron chi connectivity index (χ4n) is 6.32. The Morgan fingerprint density at radius 3 is 1.88 bits per heavy atom. The van der Waals surface area contributed by atoms with Gasteiger partial charge in [0, 0.05) is 41.3 Å². The van der Waals surface area contributed by atoms with Crippen LogP contribution in [0.1, 0.15) is 70.4 Å². The number of ether oxygens (including phenoxy) is 1. The molecule has 0 radical (unpaired) electrons. The largest absolute Gasteiger partial charge is 0.486 e. The van der Waals surface area contributed by atoms with Gasteiger partial charge < -0.3 is 14.7 Å². The van der Waals surface area contributed by atoms with E-state index < -0.39 is 11.9 Å². The number of rotatable bonds is 6. The Labute approximate surface area is 244 Å². The first-order valence-electron chi connectivity index (χ1n) is 13.4. The van der Waals surface area contributed by atoms with Gasteiger partial charge in [0.15, 0.2) is 17.3 Å². The van der Waals surface area contributed by atoms with Crippen LogP contribution in [-0.4, -0.2) is 34.1 Å². The number of carbonyl (C=O) groups excluding carboxylic acids is 2. The smallest absolute Gasteiger partial charge is 0.323 e. The Kier molecular flexibility index (Phi) is 7.38. The molecule has 0 aromatic heterocycles. The van der Waals surface area contributed by atoms with Gasteiger partial charge in [-0.3, -0.25) is 14.4 Å². The van der Waals surface area contributed by atoms with E-state index in [4.69, 9.17) is 27.9 Å². The van der Waals surface area contributed by atoms with Crippen molar-refractivity contribution < 1.29 is 24.2 Å². The van der Waals surface area contributed by atoms with Gasteiger partial charge in [0.25, 0.3) is 0 Å². The molecular formula is C32H33Cl2NO5. The highest BCUT2D eigenvalue weighted by Gasteiger charge is 2.49. The van der Waals surface area contributed by atoms with Crippen molar-refractivity contribution in [2.45, 2.75) is 65.9 Å². The summed E-state index contributed by atoms with van der Waals surface area (Å²) < 4.78 is 5.97. The molecular weight excluding hydrogens is 549 g/mol. The Morgan fingerprint density at radius 1 is 0.900 bits per heavy atom. The molecule has 0 amide bonds. The number of carboxylic acid groups (broad SMARTS) is 1. The number of Topliss-reactive ketones (excluding diaryl/α,β-unsaturated/α-hetero) is 2. The second-order valence-electron chi connectivity index (χ2n) is 12.6. The van der Waals surface area contributed by atoms with Crippen LogP contribution in [0.5, 0.6) is 5.75 Å². The van der Waals surface area contributed by atoms with Crippen molar-refractivity contribution in [3.63, 3.8) is 0 Å². The molecule has 5 rings (SSSR count). The van der Waals surface area contributed by atoms with Gasteiger partial charge in [-0.2, -0.15) is 0 Å². The summed E-state index contributed by atoms with van der Waals surface area (Å²) in [5.41, 5.74) is 3.17. The predicted octanol–water partition coefficient (Wildman–Crippen LogP) is 7.34. The number of aliphatic carboxylic acids is 1. The molecule has 0 fully saturated rings. The van der Waals surface area contributed by atoms with Crippen molar-refractivity contribution >= 4 is 40.7 Å². The second kappa shape index (κ2) is 10.4. The number of ketones is 2. The summed E-state index contributed by atoms with van der Waals surface area (Å²) in [4.78, 5) is 41.4. The van der Waals surface area contributed by atoms with Crippen molar-refractivity contribution in [3.8, 4) is 5.75 Å². The molecule has 40 heavy (non-hydrogen) atoms. The van der Waals surface area contributed by atoms with Gasteiger partial charge >= 0.3 is 5.97 Å². The fourth-order valence-corrected chi connectivity index (χ4v) is 6.93. The number of halogens is 2. The zero-order valence-electron chi connectivity index (χ0n) is 23.1. The lowest BCUT2D eigenvalue weighted by atomic mass is 9.63. The molecule has 1 heterocycles. The minimum Gasteiger partial charge on any atom is -0.486 e. The maximum atomic E-state index is 13.8. The average molecular weight is 583 g/mol. The van der Waals surface area contributed by atoms with E-state index in [0.29, 0.717) is 59.5 Å². The highest BCUT2D eigenvalue weighted by molar-refractivity contribution is 6.37. The summed E-state index contributed by atoms with van der Waals surface area (Å²) in [6, 6.07) is 13.1. The van der Waals surface area contributed by atoms with E-state index in [1.165, 1.54) is 0 Å². The standard InChI is InChI=1S/C32H33Cl2NO5/c1-31(2)12-22-28(24(36)14-31)27(29-23(35(22)16-26(38)39)13-32(3,4)15-25(29)37)19-10-20(33)30(21(34)11-19)40-17-18-8-6-5-7-9-18/h5-11,27H,12-17H2,1-4H3,(H,38,39). The summed E-state index contributed by atoms with van der Waals surface area (Å²) in [5, 5.41) is 10.4. The molecule has 3 aliphatic rings. The lowest BCUT2D eigenvalue weighted by Gasteiger charge is -2.48. The fraction of sp³-hybridized carbons (Fsp3) is 0.406. The quantitative estimate of drug-likeness (QED) is 0.384. The van der Waals surface area contributed by atoms with E-state index >= 15 is 0 Å². The Hall–Kier alpha value is -3.09. The van der Waals surface area contributed by atoms with E-state index in [2.05, 4.69) is 0 Å². The molecule has 0 saturated carbocycles. The van der Waals surface area contributed by atoms with E-state index in [0.717, 1.165) is 5.56 Å². The Bertz CT molecular complexity index is 1390. The predicted molar refractivity (Wildman–Crippen MR) is 154 cm³/mol. The van der Waals surface area contributed by atoms with Gasteiger partial charge in [-0.25, -0.2) is 0 Å². The number of carbonyl (C=O) groups is 3. The summed E-state index contributed by atoms with van der Waals surface area (Å²) in [6.45, 7) is 8.00. The van der Waals surface area contributed by atoms with Crippen LogP contribution in [0, 0.1) is 10.8 Å². The topological polar surface area (TPSA) is 83.9 Å². The maximum absolute atomic E-state index is 13.8. The van der Waals surface area contributed by atoms with E-state index in [-0.39, 0.29) is 45.6 Å². The number of carboxylic acids is 1. The van der Waals surface area contributed by atoms with Crippen LogP contribution in [0.15, 0.2) is 65.0 Å². The van der Waals surface area contributed by atoms with Crippen molar-refractivity contribution in [2.24, 2.45) is 10.8 Å². The summed E-state index contributed by atoms with van der Waals surface area (Å²) in [5.74, 6) is -1.55. The van der Waals surface area contributed by atoms with Crippen LogP contribution in [0.4, 0.5) is 0 Å². The van der Waals surface area contributed by atoms with Crippen LogP contribution >= 0.6 is 23.2 Å². The van der Waals surface area contributed by atoms with E-state index in [1.807, 2.05) is 58.0 Å². The van der Waals surface area contributed by atoms with Crippen LogP contribution in [0.25, 0.3) is 0 Å².